The van der Waals surface area contributed by atoms with Gasteiger partial charge in [0.2, 0.25) is 0 Å². The molecule has 0 aliphatic heterocycles. The van der Waals surface area contributed by atoms with Gasteiger partial charge in [-0.2, -0.15) is 0 Å². The molecule has 0 aliphatic carbocycles. The lowest BCUT2D eigenvalue weighted by atomic mass is 10.2. The van der Waals surface area contributed by atoms with Gasteiger partial charge < -0.3 is 10.5 Å². The molecule has 0 aromatic heterocycles. The van der Waals surface area contributed by atoms with Crippen molar-refractivity contribution in [1.29, 1.82) is 5.41 Å². The van der Waals surface area contributed by atoms with E-state index in [1.807, 2.05) is 0 Å². The van der Waals surface area contributed by atoms with Crippen molar-refractivity contribution in [3.8, 4) is 11.5 Å². The molecule has 0 unspecified atom stereocenters. The van der Waals surface area contributed by atoms with E-state index < -0.39 is 4.92 Å². The van der Waals surface area contributed by atoms with E-state index in [1.165, 1.54) is 18.2 Å². The van der Waals surface area contributed by atoms with Crippen LogP contribution in [-0.2, 0) is 0 Å². The Kier molecular flexibility index (Phi) is 4.44. The van der Waals surface area contributed by atoms with Crippen molar-refractivity contribution in [3.63, 3.8) is 0 Å². The van der Waals surface area contributed by atoms with Crippen molar-refractivity contribution < 1.29 is 9.66 Å². The Bertz CT molecular complexity index is 737. The van der Waals surface area contributed by atoms with Crippen molar-refractivity contribution in [1.82, 2.24) is 0 Å². The minimum atomic E-state index is -0.530. The molecule has 0 spiro atoms. The van der Waals surface area contributed by atoms with Crippen molar-refractivity contribution in [2.24, 2.45) is 5.73 Å². The third-order valence-corrected chi connectivity index (χ3v) is 3.55. The molecule has 2 rings (SSSR count). The lowest BCUT2D eigenvalue weighted by molar-refractivity contribution is -0.384. The quantitative estimate of drug-likeness (QED) is 0.366. The predicted octanol–water partition coefficient (Wildman–Crippen LogP) is 4.09. The van der Waals surface area contributed by atoms with Gasteiger partial charge in [-0.3, -0.25) is 15.5 Å². The lowest BCUT2D eigenvalue weighted by Gasteiger charge is -2.09. The van der Waals surface area contributed by atoms with Crippen molar-refractivity contribution >= 4 is 39.1 Å². The molecule has 21 heavy (non-hydrogen) atoms. The molecule has 0 atom stereocenters. The fourth-order valence-corrected chi connectivity index (χ4v) is 2.32. The molecule has 3 N–H and O–H groups in total. The standard InChI is InChI=1S/C13H9BrClN3O3/c14-10-6-8(2-3-9(10)13(16)17)21-12-5-7(18(19)20)1-4-11(12)15/h1-6H,(H3,16,17). The van der Waals surface area contributed by atoms with Crippen LogP contribution >= 0.6 is 27.5 Å². The van der Waals surface area contributed by atoms with E-state index in [2.05, 4.69) is 15.9 Å². The topological polar surface area (TPSA) is 102 Å². The largest absolute Gasteiger partial charge is 0.455 e. The van der Waals surface area contributed by atoms with E-state index in [4.69, 9.17) is 27.5 Å². The number of nitro groups is 1. The maximum atomic E-state index is 10.8. The molecular formula is C13H9BrClN3O3. The van der Waals surface area contributed by atoms with Gasteiger partial charge in [0.15, 0.2) is 5.75 Å². The monoisotopic (exact) mass is 369 g/mol. The average molecular weight is 371 g/mol. The Balaban J connectivity index is 2.34. The zero-order chi connectivity index (χ0) is 15.6. The summed E-state index contributed by atoms with van der Waals surface area (Å²) >= 11 is 9.23. The summed E-state index contributed by atoms with van der Waals surface area (Å²) in [5.74, 6) is 0.504. The smallest absolute Gasteiger partial charge is 0.273 e. The van der Waals surface area contributed by atoms with Gasteiger partial charge in [0.05, 0.1) is 16.0 Å². The average Bonchev–Trinajstić information content (AvgIpc) is 2.40. The Hall–Kier alpha value is -2.12. The second kappa shape index (κ2) is 6.11. The van der Waals surface area contributed by atoms with Gasteiger partial charge in [-0.05, 0) is 40.2 Å². The molecular weight excluding hydrogens is 362 g/mol. The van der Waals surface area contributed by atoms with Crippen LogP contribution in [0, 0.1) is 15.5 Å². The molecule has 8 heteroatoms. The molecule has 0 heterocycles. The van der Waals surface area contributed by atoms with Gasteiger partial charge in [0, 0.05) is 16.1 Å². The number of non-ortho nitro benzene ring substituents is 1. The summed E-state index contributed by atoms with van der Waals surface area (Å²) in [4.78, 5) is 10.2. The van der Waals surface area contributed by atoms with E-state index in [9.17, 15) is 10.1 Å². The number of hydrogen-bond donors (Lipinski definition) is 2. The highest BCUT2D eigenvalue weighted by atomic mass is 79.9. The first-order chi connectivity index (χ1) is 9.88. The number of benzene rings is 2. The van der Waals surface area contributed by atoms with E-state index in [0.717, 1.165) is 0 Å². The number of nitrogens with zero attached hydrogens (tertiary/aromatic N) is 1. The molecule has 2 aromatic carbocycles. The van der Waals surface area contributed by atoms with Crippen LogP contribution in [0.4, 0.5) is 5.69 Å². The Morgan fingerprint density at radius 2 is 2.05 bits per heavy atom. The molecule has 0 aliphatic rings. The maximum Gasteiger partial charge on any atom is 0.273 e. The van der Waals surface area contributed by atoms with E-state index >= 15 is 0 Å². The third-order valence-electron chi connectivity index (χ3n) is 2.58. The molecule has 0 radical (unpaired) electrons. The highest BCUT2D eigenvalue weighted by Gasteiger charge is 2.12. The van der Waals surface area contributed by atoms with Crippen LogP contribution in [0.1, 0.15) is 5.56 Å². The number of rotatable bonds is 4. The summed E-state index contributed by atoms with van der Waals surface area (Å²) in [6.45, 7) is 0. The minimum absolute atomic E-state index is 0.0817. The van der Waals surface area contributed by atoms with Gasteiger partial charge in [-0.15, -0.1) is 0 Å². The molecule has 0 fully saturated rings. The fourth-order valence-electron chi connectivity index (χ4n) is 1.59. The van der Waals surface area contributed by atoms with Crippen molar-refractivity contribution in [3.05, 3.63) is 61.6 Å². The maximum absolute atomic E-state index is 10.8. The summed E-state index contributed by atoms with van der Waals surface area (Å²) in [7, 11) is 0. The first kappa shape index (κ1) is 15.3. The summed E-state index contributed by atoms with van der Waals surface area (Å²) in [6.07, 6.45) is 0. The third kappa shape index (κ3) is 3.50. The van der Waals surface area contributed by atoms with Crippen LogP contribution in [0.3, 0.4) is 0 Å². The van der Waals surface area contributed by atoms with Gasteiger partial charge in [0.1, 0.15) is 11.6 Å². The first-order valence-electron chi connectivity index (χ1n) is 5.64. The van der Waals surface area contributed by atoms with Crippen LogP contribution in [-0.4, -0.2) is 10.8 Å². The Morgan fingerprint density at radius 1 is 1.33 bits per heavy atom. The zero-order valence-corrected chi connectivity index (χ0v) is 12.8. The van der Waals surface area contributed by atoms with Gasteiger partial charge in [0.25, 0.3) is 5.69 Å². The number of nitrogen functional groups attached to an aromatic ring is 1. The highest BCUT2D eigenvalue weighted by molar-refractivity contribution is 9.10. The van der Waals surface area contributed by atoms with Crippen LogP contribution in [0.15, 0.2) is 40.9 Å². The molecule has 108 valence electrons. The number of hydrogen-bond acceptors (Lipinski definition) is 4. The molecule has 2 aromatic rings. The summed E-state index contributed by atoms with van der Waals surface area (Å²) in [5.41, 5.74) is 5.81. The van der Waals surface area contributed by atoms with E-state index in [1.54, 1.807) is 18.2 Å². The lowest BCUT2D eigenvalue weighted by Crippen LogP contribution is -2.11. The van der Waals surface area contributed by atoms with Gasteiger partial charge in [-0.25, -0.2) is 0 Å². The number of amidine groups is 1. The van der Waals surface area contributed by atoms with E-state index in [-0.39, 0.29) is 22.3 Å². The normalized spacial score (nSPS) is 10.2. The van der Waals surface area contributed by atoms with Gasteiger partial charge >= 0.3 is 0 Å². The second-order valence-corrected chi connectivity index (χ2v) is 5.29. The summed E-state index contributed by atoms with van der Waals surface area (Å²) < 4.78 is 6.12. The van der Waals surface area contributed by atoms with E-state index in [0.29, 0.717) is 15.8 Å². The molecule has 6 nitrogen and oxygen atoms in total. The van der Waals surface area contributed by atoms with Crippen molar-refractivity contribution in [2.45, 2.75) is 0 Å². The SMILES string of the molecule is N=C(N)c1ccc(Oc2cc([N+](=O)[O-])ccc2Cl)cc1Br. The summed E-state index contributed by atoms with van der Waals surface area (Å²) in [5, 5.41) is 18.4. The highest BCUT2D eigenvalue weighted by Crippen LogP contribution is 2.34. The Labute approximate surface area is 133 Å². The number of nitrogens with one attached hydrogen (secondary N) is 1. The van der Waals surface area contributed by atoms with Crippen molar-refractivity contribution in [2.75, 3.05) is 0 Å². The number of ether oxygens (including phenoxy) is 1. The second-order valence-electron chi connectivity index (χ2n) is 4.03. The van der Waals surface area contributed by atoms with Crippen LogP contribution in [0.2, 0.25) is 5.02 Å². The zero-order valence-electron chi connectivity index (χ0n) is 10.5. The summed E-state index contributed by atoms with van der Waals surface area (Å²) in [6, 6.07) is 8.74. The van der Waals surface area contributed by atoms with Crippen LogP contribution in [0.25, 0.3) is 0 Å². The molecule has 0 saturated heterocycles. The first-order valence-corrected chi connectivity index (χ1v) is 6.81. The van der Waals surface area contributed by atoms with Crippen LogP contribution in [0.5, 0.6) is 11.5 Å². The van der Waals surface area contributed by atoms with Crippen LogP contribution < -0.4 is 10.5 Å². The molecule has 0 amide bonds. The molecule has 0 saturated carbocycles. The number of halogens is 2. The molecule has 0 bridgehead atoms. The Morgan fingerprint density at radius 3 is 2.62 bits per heavy atom. The predicted molar refractivity (Wildman–Crippen MR) is 83.3 cm³/mol. The number of nitrogens with two attached hydrogens (primary N) is 1. The van der Waals surface area contributed by atoms with Gasteiger partial charge in [-0.1, -0.05) is 11.6 Å². The number of nitro benzene ring substituents is 1. The fraction of sp³-hybridized carbons (Fsp3) is 0. The minimum Gasteiger partial charge on any atom is -0.455 e.